The summed E-state index contributed by atoms with van der Waals surface area (Å²) in [7, 11) is 0. The Labute approximate surface area is 180 Å². The molecule has 2 aromatic carbocycles. The number of nitrogens with zero attached hydrogens (tertiary/aromatic N) is 1. The van der Waals surface area contributed by atoms with E-state index in [1.165, 1.54) is 11.1 Å². The highest BCUT2D eigenvalue weighted by Gasteiger charge is 2.25. The van der Waals surface area contributed by atoms with E-state index < -0.39 is 0 Å². The number of aryl methyl sites for hydroxylation is 3. The van der Waals surface area contributed by atoms with Gasteiger partial charge >= 0.3 is 0 Å². The highest BCUT2D eigenvalue weighted by atomic mass is 79.9. The van der Waals surface area contributed by atoms with Crippen molar-refractivity contribution in [1.29, 1.82) is 0 Å². The van der Waals surface area contributed by atoms with Gasteiger partial charge in [-0.25, -0.2) is 0 Å². The van der Waals surface area contributed by atoms with Crippen molar-refractivity contribution in [1.82, 2.24) is 9.88 Å². The molecule has 1 saturated heterocycles. The lowest BCUT2D eigenvalue weighted by Crippen LogP contribution is -2.37. The topological polar surface area (TPSA) is 45.3 Å². The van der Waals surface area contributed by atoms with Crippen LogP contribution in [0.2, 0.25) is 0 Å². The molecular formula is C24H27BrN2O2. The van der Waals surface area contributed by atoms with Crippen LogP contribution in [0.25, 0.3) is 10.9 Å². The third-order valence-corrected chi connectivity index (χ3v) is 6.49. The zero-order valence-electron chi connectivity index (χ0n) is 17.2. The van der Waals surface area contributed by atoms with E-state index in [0.717, 1.165) is 46.0 Å². The van der Waals surface area contributed by atoms with Crippen LogP contribution >= 0.6 is 15.9 Å². The first-order chi connectivity index (χ1) is 13.9. The Morgan fingerprint density at radius 3 is 2.66 bits per heavy atom. The van der Waals surface area contributed by atoms with Gasteiger partial charge in [0.2, 0.25) is 0 Å². The summed E-state index contributed by atoms with van der Waals surface area (Å²) >= 11 is 3.66. The predicted octanol–water partition coefficient (Wildman–Crippen LogP) is 5.68. The third kappa shape index (κ3) is 4.26. The van der Waals surface area contributed by atoms with Crippen LogP contribution in [0.4, 0.5) is 0 Å². The standard InChI is InChI=1S/C24H27BrN2O2/c1-15-6-9-18(21(25)11-15)13-27(14-19-5-4-10-29-19)24(28)22-12-20-16(2)7-8-17(3)23(20)26-22/h6-9,11-12,19,26H,4-5,10,13-14H2,1-3H3. The third-order valence-electron chi connectivity index (χ3n) is 5.76. The molecule has 3 aromatic rings. The zero-order chi connectivity index (χ0) is 20.5. The average Bonchev–Trinajstić information content (AvgIpc) is 3.36. The molecule has 0 saturated carbocycles. The van der Waals surface area contributed by atoms with Crippen molar-refractivity contribution in [3.63, 3.8) is 0 Å². The number of fused-ring (bicyclic) bond motifs is 1. The number of aromatic nitrogens is 1. The summed E-state index contributed by atoms with van der Waals surface area (Å²) in [5.74, 6) is 0.0166. The fraction of sp³-hybridized carbons (Fsp3) is 0.375. The first-order valence-electron chi connectivity index (χ1n) is 10.2. The maximum atomic E-state index is 13.5. The van der Waals surface area contributed by atoms with Gasteiger partial charge in [0.1, 0.15) is 5.69 Å². The lowest BCUT2D eigenvalue weighted by atomic mass is 10.1. The number of rotatable bonds is 5. The number of carbonyl (C=O) groups excluding carboxylic acids is 1. The number of H-pyrrole nitrogens is 1. The van der Waals surface area contributed by atoms with Crippen LogP contribution in [0.3, 0.4) is 0 Å². The van der Waals surface area contributed by atoms with Crippen LogP contribution in [-0.4, -0.2) is 35.0 Å². The molecule has 5 heteroatoms. The van der Waals surface area contributed by atoms with Gasteiger partial charge in [-0.3, -0.25) is 4.79 Å². The highest BCUT2D eigenvalue weighted by Crippen LogP contribution is 2.26. The average molecular weight is 455 g/mol. The van der Waals surface area contributed by atoms with Crippen LogP contribution in [-0.2, 0) is 11.3 Å². The number of amides is 1. The molecular weight excluding hydrogens is 428 g/mol. The quantitative estimate of drug-likeness (QED) is 0.538. The summed E-state index contributed by atoms with van der Waals surface area (Å²) in [6, 6.07) is 12.5. The highest BCUT2D eigenvalue weighted by molar-refractivity contribution is 9.10. The molecule has 2 heterocycles. The minimum absolute atomic E-state index is 0.0166. The Morgan fingerprint density at radius 1 is 1.17 bits per heavy atom. The minimum Gasteiger partial charge on any atom is -0.376 e. The second-order valence-electron chi connectivity index (χ2n) is 8.09. The Balaban J connectivity index is 1.67. The van der Waals surface area contributed by atoms with Crippen LogP contribution in [0.1, 0.15) is 45.6 Å². The second-order valence-corrected chi connectivity index (χ2v) is 8.94. The second kappa shape index (κ2) is 8.33. The monoisotopic (exact) mass is 454 g/mol. The van der Waals surface area contributed by atoms with Crippen molar-refractivity contribution in [3.8, 4) is 0 Å². The summed E-state index contributed by atoms with van der Waals surface area (Å²) in [6.45, 7) is 8.15. The summed E-state index contributed by atoms with van der Waals surface area (Å²) in [5.41, 5.74) is 6.30. The van der Waals surface area contributed by atoms with Crippen molar-refractivity contribution in [2.24, 2.45) is 0 Å². The minimum atomic E-state index is 0.0166. The van der Waals surface area contributed by atoms with E-state index in [2.05, 4.69) is 72.0 Å². The summed E-state index contributed by atoms with van der Waals surface area (Å²) < 4.78 is 6.87. The molecule has 1 fully saturated rings. The largest absolute Gasteiger partial charge is 0.376 e. The van der Waals surface area contributed by atoms with Gasteiger partial charge in [0.15, 0.2) is 0 Å². The van der Waals surface area contributed by atoms with E-state index in [-0.39, 0.29) is 12.0 Å². The summed E-state index contributed by atoms with van der Waals surface area (Å²) in [4.78, 5) is 18.8. The molecule has 152 valence electrons. The van der Waals surface area contributed by atoms with E-state index in [9.17, 15) is 4.79 Å². The molecule has 1 aliphatic rings. The molecule has 4 nitrogen and oxygen atoms in total. The van der Waals surface area contributed by atoms with E-state index in [4.69, 9.17) is 4.74 Å². The summed E-state index contributed by atoms with van der Waals surface area (Å²) in [5, 5.41) is 1.11. The number of carbonyl (C=O) groups is 1. The fourth-order valence-corrected chi connectivity index (χ4v) is 4.64. The molecule has 0 bridgehead atoms. The maximum Gasteiger partial charge on any atom is 0.270 e. The Bertz CT molecular complexity index is 1010. The fourth-order valence-electron chi connectivity index (χ4n) is 4.02. The van der Waals surface area contributed by atoms with Gasteiger partial charge in [0.25, 0.3) is 5.91 Å². The van der Waals surface area contributed by atoms with E-state index in [0.29, 0.717) is 18.8 Å². The Morgan fingerprint density at radius 2 is 1.97 bits per heavy atom. The normalized spacial score (nSPS) is 16.5. The molecule has 1 unspecified atom stereocenters. The molecule has 0 spiro atoms. The van der Waals surface area contributed by atoms with Gasteiger partial charge in [-0.1, -0.05) is 40.2 Å². The smallest absolute Gasteiger partial charge is 0.270 e. The van der Waals surface area contributed by atoms with Crippen molar-refractivity contribution in [2.75, 3.05) is 13.2 Å². The van der Waals surface area contributed by atoms with E-state index in [1.807, 2.05) is 11.0 Å². The van der Waals surface area contributed by atoms with Crippen molar-refractivity contribution >= 4 is 32.7 Å². The molecule has 1 aliphatic heterocycles. The number of ether oxygens (including phenoxy) is 1. The number of aromatic amines is 1. The lowest BCUT2D eigenvalue weighted by Gasteiger charge is -2.26. The lowest BCUT2D eigenvalue weighted by molar-refractivity contribution is 0.0503. The van der Waals surface area contributed by atoms with Crippen LogP contribution in [0.5, 0.6) is 0 Å². The van der Waals surface area contributed by atoms with Gasteiger partial charge in [0.05, 0.1) is 6.10 Å². The number of halogens is 1. The zero-order valence-corrected chi connectivity index (χ0v) is 18.8. The van der Waals surface area contributed by atoms with Gasteiger partial charge in [-0.05, 0) is 68.0 Å². The van der Waals surface area contributed by atoms with E-state index in [1.54, 1.807) is 0 Å². The van der Waals surface area contributed by atoms with Crippen molar-refractivity contribution < 1.29 is 9.53 Å². The van der Waals surface area contributed by atoms with Crippen LogP contribution in [0.15, 0.2) is 40.9 Å². The number of hydrogen-bond donors (Lipinski definition) is 1. The van der Waals surface area contributed by atoms with Crippen LogP contribution in [0, 0.1) is 20.8 Å². The SMILES string of the molecule is Cc1ccc(CN(CC2CCCO2)C(=O)c2cc3c(C)ccc(C)c3[nH]2)c(Br)c1. The molecule has 1 amide bonds. The molecule has 1 aromatic heterocycles. The molecule has 0 aliphatic carbocycles. The van der Waals surface area contributed by atoms with Crippen LogP contribution < -0.4 is 0 Å². The number of nitrogens with one attached hydrogen (secondary N) is 1. The van der Waals surface area contributed by atoms with Crippen molar-refractivity contribution in [3.05, 3.63) is 68.8 Å². The molecule has 4 rings (SSSR count). The van der Waals surface area contributed by atoms with Gasteiger partial charge < -0.3 is 14.6 Å². The van der Waals surface area contributed by atoms with Gasteiger partial charge in [-0.15, -0.1) is 0 Å². The van der Waals surface area contributed by atoms with Crippen molar-refractivity contribution in [2.45, 2.75) is 46.3 Å². The first kappa shape index (κ1) is 20.2. The Hall–Kier alpha value is -2.11. The predicted molar refractivity (Wildman–Crippen MR) is 120 cm³/mol. The van der Waals surface area contributed by atoms with E-state index >= 15 is 0 Å². The first-order valence-corrected chi connectivity index (χ1v) is 11.0. The van der Waals surface area contributed by atoms with Gasteiger partial charge in [0, 0.05) is 35.1 Å². The maximum absolute atomic E-state index is 13.5. The molecule has 29 heavy (non-hydrogen) atoms. The molecule has 1 N–H and O–H groups in total. The number of benzene rings is 2. The number of hydrogen-bond acceptors (Lipinski definition) is 2. The Kier molecular flexibility index (Phi) is 5.79. The molecule has 1 atom stereocenters. The van der Waals surface area contributed by atoms with Gasteiger partial charge in [-0.2, -0.15) is 0 Å². The summed E-state index contributed by atoms with van der Waals surface area (Å²) in [6.07, 6.45) is 2.17. The molecule has 0 radical (unpaired) electrons.